The summed E-state index contributed by atoms with van der Waals surface area (Å²) in [5.74, 6) is -0.449. The molecule has 4 rings (SSSR count). The molecule has 3 heterocycles. The summed E-state index contributed by atoms with van der Waals surface area (Å²) in [6.07, 6.45) is 1.43. The zero-order valence-corrected chi connectivity index (χ0v) is 25.9. The van der Waals surface area contributed by atoms with Crippen LogP contribution in [0.2, 0.25) is 0 Å². The highest BCUT2D eigenvalue weighted by molar-refractivity contribution is 7.93. The summed E-state index contributed by atoms with van der Waals surface area (Å²) < 4.78 is 31.2. The second-order valence-electron chi connectivity index (χ2n) is 12.9. The van der Waals surface area contributed by atoms with Gasteiger partial charge in [-0.15, -0.1) is 0 Å². The highest BCUT2D eigenvalue weighted by Gasteiger charge is 2.53. The number of nitrogens with one attached hydrogen (secondary N) is 1. The molecule has 12 heteroatoms. The lowest BCUT2D eigenvalue weighted by Crippen LogP contribution is -2.58. The summed E-state index contributed by atoms with van der Waals surface area (Å²) in [6.45, 7) is 14.2. The number of carbonyl (C=O) groups excluding carboxylic acids is 3. The number of hydrogen-bond donors (Lipinski definition) is 2. The maximum Gasteiger partial charge on any atom is 0.410 e. The maximum absolute atomic E-state index is 13.8. The molecule has 0 bridgehead atoms. The van der Waals surface area contributed by atoms with Gasteiger partial charge in [0.25, 0.3) is 5.91 Å². The second-order valence-corrected chi connectivity index (χ2v) is 15.2. The number of anilines is 1. The monoisotopic (exact) mass is 604 g/mol. The zero-order chi connectivity index (χ0) is 30.9. The molecule has 1 atom stereocenters. The van der Waals surface area contributed by atoms with Gasteiger partial charge in [-0.3, -0.25) is 14.8 Å². The molecule has 1 aromatic carbocycles. The number of hydroxylamine groups is 1. The summed E-state index contributed by atoms with van der Waals surface area (Å²) in [7, 11) is -4.23. The number of ether oxygens (including phenoxy) is 1. The smallest absolute Gasteiger partial charge is 0.410 e. The first kappa shape index (κ1) is 31.8. The van der Waals surface area contributed by atoms with Gasteiger partial charge in [0, 0.05) is 50.9 Å². The van der Waals surface area contributed by atoms with Gasteiger partial charge in [-0.1, -0.05) is 19.1 Å². The molecular formula is C30H44N4O7S. The van der Waals surface area contributed by atoms with Crippen molar-refractivity contribution in [3.63, 3.8) is 0 Å². The minimum atomic E-state index is -4.23. The third-order valence-electron chi connectivity index (χ3n) is 8.50. The van der Waals surface area contributed by atoms with E-state index in [1.807, 2.05) is 4.90 Å². The van der Waals surface area contributed by atoms with Crippen LogP contribution in [0.3, 0.4) is 0 Å². The van der Waals surface area contributed by atoms with Crippen LogP contribution < -0.4 is 10.4 Å². The van der Waals surface area contributed by atoms with E-state index in [9.17, 15) is 28.0 Å². The molecule has 0 radical (unpaired) electrons. The van der Waals surface area contributed by atoms with Crippen LogP contribution in [0.5, 0.6) is 0 Å². The van der Waals surface area contributed by atoms with Crippen molar-refractivity contribution < 1.29 is 32.7 Å². The lowest BCUT2D eigenvalue weighted by atomic mass is 9.91. The van der Waals surface area contributed by atoms with Crippen molar-refractivity contribution in [2.24, 2.45) is 11.8 Å². The molecule has 232 valence electrons. The van der Waals surface area contributed by atoms with Crippen LogP contribution in [0.1, 0.15) is 59.8 Å². The molecule has 0 aliphatic carbocycles. The van der Waals surface area contributed by atoms with E-state index >= 15 is 0 Å². The van der Waals surface area contributed by atoms with Crippen molar-refractivity contribution in [1.82, 2.24) is 15.3 Å². The van der Waals surface area contributed by atoms with Gasteiger partial charge in [-0.25, -0.2) is 18.7 Å². The summed E-state index contributed by atoms with van der Waals surface area (Å²) >= 11 is 0. The minimum absolute atomic E-state index is 0.0161. The molecule has 3 amide bonds. The Morgan fingerprint density at radius 3 is 2.14 bits per heavy atom. The quantitative estimate of drug-likeness (QED) is 0.297. The fourth-order valence-corrected chi connectivity index (χ4v) is 8.26. The van der Waals surface area contributed by atoms with Gasteiger partial charge in [-0.05, 0) is 83.1 Å². The predicted molar refractivity (Wildman–Crippen MR) is 158 cm³/mol. The molecule has 0 spiro atoms. The molecule has 3 aliphatic heterocycles. The van der Waals surface area contributed by atoms with E-state index in [2.05, 4.69) is 18.4 Å². The Balaban J connectivity index is 1.42. The van der Waals surface area contributed by atoms with Crippen LogP contribution in [0.15, 0.2) is 41.3 Å². The summed E-state index contributed by atoms with van der Waals surface area (Å²) in [5.41, 5.74) is 2.76. The molecule has 3 fully saturated rings. The largest absolute Gasteiger partial charge is 0.444 e. The Kier molecular flexibility index (Phi) is 9.27. The Morgan fingerprint density at radius 1 is 1.02 bits per heavy atom. The molecule has 0 unspecified atom stereocenters. The van der Waals surface area contributed by atoms with Gasteiger partial charge in [0.05, 0.1) is 4.90 Å². The van der Waals surface area contributed by atoms with Crippen molar-refractivity contribution in [2.75, 3.05) is 44.2 Å². The van der Waals surface area contributed by atoms with Gasteiger partial charge >= 0.3 is 6.09 Å². The van der Waals surface area contributed by atoms with Crippen molar-refractivity contribution >= 4 is 33.4 Å². The fourth-order valence-electron chi connectivity index (χ4n) is 6.30. The Hall–Kier alpha value is -3.12. The number of piperidine rings is 3. The number of benzene rings is 1. The van der Waals surface area contributed by atoms with Crippen molar-refractivity contribution in [3.8, 4) is 0 Å². The van der Waals surface area contributed by atoms with E-state index in [-0.39, 0.29) is 42.7 Å². The van der Waals surface area contributed by atoms with E-state index in [0.717, 1.165) is 24.2 Å². The SMILES string of the molecule is C=C1C[C@H](C)CN(C(=O)C2CCN(c3ccc(S(=O)(=O)C4(C(=O)NO)CCN(C(=O)OC(C)(C)C)CC4)cc3)CC2)C1. The summed E-state index contributed by atoms with van der Waals surface area (Å²) in [5, 5.41) is 9.47. The third-order valence-corrected chi connectivity index (χ3v) is 11.0. The number of carbonyl (C=O) groups is 3. The maximum atomic E-state index is 13.8. The van der Waals surface area contributed by atoms with Crippen molar-refractivity contribution in [2.45, 2.75) is 75.0 Å². The molecule has 1 aromatic rings. The van der Waals surface area contributed by atoms with Gasteiger partial charge in [-0.2, -0.15) is 0 Å². The van der Waals surface area contributed by atoms with Crippen LogP contribution in [-0.2, 0) is 24.2 Å². The van der Waals surface area contributed by atoms with Crippen LogP contribution in [0.4, 0.5) is 10.5 Å². The molecule has 11 nitrogen and oxygen atoms in total. The van der Waals surface area contributed by atoms with E-state index in [4.69, 9.17) is 4.74 Å². The Morgan fingerprint density at radius 2 is 1.62 bits per heavy atom. The second kappa shape index (κ2) is 12.2. The van der Waals surface area contributed by atoms with Gasteiger partial charge in [0.2, 0.25) is 5.91 Å². The fraction of sp³-hybridized carbons (Fsp3) is 0.633. The first-order chi connectivity index (χ1) is 19.7. The number of sulfone groups is 1. The van der Waals surface area contributed by atoms with Crippen molar-refractivity contribution in [3.05, 3.63) is 36.4 Å². The zero-order valence-electron chi connectivity index (χ0n) is 25.1. The van der Waals surface area contributed by atoms with Crippen LogP contribution in [0.25, 0.3) is 0 Å². The van der Waals surface area contributed by atoms with Crippen LogP contribution in [0, 0.1) is 11.8 Å². The van der Waals surface area contributed by atoms with E-state index < -0.39 is 32.2 Å². The average Bonchev–Trinajstić information content (AvgIpc) is 2.95. The van der Waals surface area contributed by atoms with Gasteiger partial charge in [0.1, 0.15) is 5.60 Å². The minimum Gasteiger partial charge on any atom is -0.444 e. The predicted octanol–water partition coefficient (Wildman–Crippen LogP) is 3.38. The van der Waals surface area contributed by atoms with E-state index in [1.54, 1.807) is 38.4 Å². The van der Waals surface area contributed by atoms with E-state index in [1.165, 1.54) is 17.0 Å². The number of likely N-dealkylation sites (tertiary alicyclic amines) is 2. The number of nitrogens with zero attached hydrogens (tertiary/aromatic N) is 3. The van der Waals surface area contributed by atoms with Gasteiger partial charge < -0.3 is 19.4 Å². The first-order valence-electron chi connectivity index (χ1n) is 14.6. The Bertz CT molecular complexity index is 1290. The molecule has 42 heavy (non-hydrogen) atoms. The molecule has 0 aromatic heterocycles. The standard InChI is InChI=1S/C30H44N4O7S/c1-21-18-22(2)20-34(19-21)26(35)23-10-14-32(15-11-23)24-6-8-25(9-7-24)42(39,40)30(27(36)31-38)12-16-33(17-13-30)28(37)41-29(3,4)5/h6-9,22-23,38H,1,10-20H2,2-5H3,(H,31,36)/t22-/m0/s1. The lowest BCUT2D eigenvalue weighted by molar-refractivity contribution is -0.137. The lowest BCUT2D eigenvalue weighted by Gasteiger charge is -2.39. The van der Waals surface area contributed by atoms with E-state index in [0.29, 0.717) is 38.4 Å². The van der Waals surface area contributed by atoms with Crippen LogP contribution in [-0.4, -0.2) is 90.9 Å². The number of amides is 3. The molecule has 0 saturated carbocycles. The highest BCUT2D eigenvalue weighted by Crippen LogP contribution is 2.37. The number of rotatable bonds is 5. The Labute approximate surface area is 248 Å². The van der Waals surface area contributed by atoms with Crippen LogP contribution >= 0.6 is 0 Å². The topological polar surface area (TPSA) is 137 Å². The summed E-state index contributed by atoms with van der Waals surface area (Å²) in [6, 6.07) is 6.39. The molecular weight excluding hydrogens is 560 g/mol. The third kappa shape index (κ3) is 6.59. The van der Waals surface area contributed by atoms with Gasteiger partial charge in [0.15, 0.2) is 14.6 Å². The highest BCUT2D eigenvalue weighted by atomic mass is 32.2. The summed E-state index contributed by atoms with van der Waals surface area (Å²) in [4.78, 5) is 43.9. The molecule has 3 saturated heterocycles. The first-order valence-corrected chi connectivity index (χ1v) is 16.1. The number of hydrogen-bond acceptors (Lipinski definition) is 8. The molecule has 3 aliphatic rings. The van der Waals surface area contributed by atoms with Crippen molar-refractivity contribution in [1.29, 1.82) is 0 Å². The molecule has 2 N–H and O–H groups in total. The normalized spacial score (nSPS) is 22.1. The average molecular weight is 605 g/mol.